The monoisotopic (exact) mass is 319 g/mol. The number of nitrogens with zero attached hydrogens (tertiary/aromatic N) is 1. The molecule has 0 aliphatic heterocycles. The van der Waals surface area contributed by atoms with Crippen LogP contribution in [0, 0.1) is 0 Å². The molecule has 1 rings (SSSR count). The first-order valence-corrected chi connectivity index (χ1v) is 8.70. The molecular weight excluding hydrogens is 298 g/mol. The molecule has 1 unspecified atom stereocenters. The quantitative estimate of drug-likeness (QED) is 0.771. The molecule has 0 fully saturated rings. The molecule has 0 aromatic carbocycles. The van der Waals surface area contributed by atoms with E-state index in [1.165, 1.54) is 12.3 Å². The fraction of sp³-hybridized carbons (Fsp3) is 0.615. The summed E-state index contributed by atoms with van der Waals surface area (Å²) < 4.78 is 27.3. The van der Waals surface area contributed by atoms with E-state index in [1.807, 2.05) is 6.92 Å². The van der Waals surface area contributed by atoms with Gasteiger partial charge in [-0.05, 0) is 18.9 Å². The van der Waals surface area contributed by atoms with Gasteiger partial charge < -0.3 is 5.73 Å². The third kappa shape index (κ3) is 4.92. The molecule has 0 radical (unpaired) electrons. The molecule has 0 spiro atoms. The molecule has 0 saturated carbocycles. The Balaban J connectivity index is 2.87. The second-order valence-corrected chi connectivity index (χ2v) is 6.91. The Labute approximate surface area is 126 Å². The molecular formula is C13H22ClN3O2S. The van der Waals surface area contributed by atoms with Crippen LogP contribution in [0.3, 0.4) is 0 Å². The first-order chi connectivity index (χ1) is 9.40. The Morgan fingerprint density at radius 3 is 2.60 bits per heavy atom. The molecule has 114 valence electrons. The molecule has 5 nitrogen and oxygen atoms in total. The van der Waals surface area contributed by atoms with E-state index >= 15 is 0 Å². The summed E-state index contributed by atoms with van der Waals surface area (Å²) in [6.45, 7) is 4.12. The fourth-order valence-electron chi connectivity index (χ4n) is 1.93. The van der Waals surface area contributed by atoms with E-state index in [9.17, 15) is 8.42 Å². The SMILES string of the molecule is CCCCC(CCC)NS(=O)(=O)c1cnc(N)c(Cl)c1. The zero-order chi connectivity index (χ0) is 15.2. The number of nitrogens with one attached hydrogen (secondary N) is 1. The van der Waals surface area contributed by atoms with Gasteiger partial charge in [-0.25, -0.2) is 18.1 Å². The first kappa shape index (κ1) is 17.2. The van der Waals surface area contributed by atoms with Crippen molar-refractivity contribution >= 4 is 27.4 Å². The molecule has 0 aliphatic carbocycles. The summed E-state index contributed by atoms with van der Waals surface area (Å²) in [5.41, 5.74) is 5.49. The second-order valence-electron chi connectivity index (χ2n) is 4.79. The van der Waals surface area contributed by atoms with Crippen LogP contribution in [-0.2, 0) is 10.0 Å². The van der Waals surface area contributed by atoms with Gasteiger partial charge in [-0.2, -0.15) is 0 Å². The number of nitrogen functional groups attached to an aromatic ring is 1. The van der Waals surface area contributed by atoms with Crippen molar-refractivity contribution in [3.8, 4) is 0 Å². The lowest BCUT2D eigenvalue weighted by Crippen LogP contribution is -2.34. The van der Waals surface area contributed by atoms with E-state index in [2.05, 4.69) is 16.6 Å². The number of anilines is 1. The minimum atomic E-state index is -3.60. The van der Waals surface area contributed by atoms with Crippen LogP contribution in [-0.4, -0.2) is 19.4 Å². The lowest BCUT2D eigenvalue weighted by Gasteiger charge is -2.18. The van der Waals surface area contributed by atoms with Crippen molar-refractivity contribution in [1.29, 1.82) is 0 Å². The van der Waals surface area contributed by atoms with Crippen LogP contribution in [0.25, 0.3) is 0 Å². The summed E-state index contributed by atoms with van der Waals surface area (Å²) in [6.07, 6.45) is 5.84. The molecule has 1 aromatic heterocycles. The highest BCUT2D eigenvalue weighted by atomic mass is 35.5. The average Bonchev–Trinajstić information content (AvgIpc) is 2.39. The van der Waals surface area contributed by atoms with E-state index in [0.717, 1.165) is 32.1 Å². The smallest absolute Gasteiger partial charge is 0.242 e. The standard InChI is InChI=1S/C13H22ClN3O2S/c1-3-5-7-10(6-4-2)17-20(18,19)11-8-12(14)13(15)16-9-11/h8-10,17H,3-7H2,1-2H3,(H2,15,16). The number of hydrogen-bond acceptors (Lipinski definition) is 4. The molecule has 0 saturated heterocycles. The van der Waals surface area contributed by atoms with Gasteiger partial charge in [-0.3, -0.25) is 0 Å². The van der Waals surface area contributed by atoms with E-state index < -0.39 is 10.0 Å². The third-order valence-corrected chi connectivity index (χ3v) is 4.81. The predicted molar refractivity (Wildman–Crippen MR) is 82.2 cm³/mol. The maximum absolute atomic E-state index is 12.3. The Morgan fingerprint density at radius 1 is 1.35 bits per heavy atom. The van der Waals surface area contributed by atoms with Crippen molar-refractivity contribution in [1.82, 2.24) is 9.71 Å². The van der Waals surface area contributed by atoms with Crippen molar-refractivity contribution in [3.63, 3.8) is 0 Å². The van der Waals surface area contributed by atoms with E-state index in [0.29, 0.717) is 0 Å². The number of rotatable bonds is 8. The van der Waals surface area contributed by atoms with Crippen molar-refractivity contribution in [2.45, 2.75) is 56.9 Å². The largest absolute Gasteiger partial charge is 0.382 e. The van der Waals surface area contributed by atoms with Crippen LogP contribution in [0.1, 0.15) is 46.0 Å². The van der Waals surface area contributed by atoms with Gasteiger partial charge in [0.2, 0.25) is 10.0 Å². The summed E-state index contributed by atoms with van der Waals surface area (Å²) >= 11 is 5.82. The lowest BCUT2D eigenvalue weighted by atomic mass is 10.1. The van der Waals surface area contributed by atoms with Crippen LogP contribution >= 0.6 is 11.6 Å². The number of pyridine rings is 1. The summed E-state index contributed by atoms with van der Waals surface area (Å²) in [7, 11) is -3.60. The zero-order valence-electron chi connectivity index (χ0n) is 11.9. The highest BCUT2D eigenvalue weighted by molar-refractivity contribution is 7.89. The predicted octanol–water partition coefficient (Wildman–Crippen LogP) is 2.95. The maximum Gasteiger partial charge on any atom is 0.242 e. The van der Waals surface area contributed by atoms with Crippen molar-refractivity contribution in [2.24, 2.45) is 0 Å². The Morgan fingerprint density at radius 2 is 2.05 bits per heavy atom. The minimum absolute atomic E-state index is 0.0503. The van der Waals surface area contributed by atoms with Crippen molar-refractivity contribution < 1.29 is 8.42 Å². The van der Waals surface area contributed by atoms with Gasteiger partial charge in [0.25, 0.3) is 0 Å². The zero-order valence-corrected chi connectivity index (χ0v) is 13.5. The van der Waals surface area contributed by atoms with Gasteiger partial charge in [0, 0.05) is 12.2 Å². The topological polar surface area (TPSA) is 85.1 Å². The highest BCUT2D eigenvalue weighted by Gasteiger charge is 2.20. The molecule has 1 atom stereocenters. The summed E-state index contributed by atoms with van der Waals surface area (Å²) in [5.74, 6) is 0.127. The molecule has 1 aromatic rings. The minimum Gasteiger partial charge on any atom is -0.382 e. The average molecular weight is 320 g/mol. The number of sulfonamides is 1. The third-order valence-electron chi connectivity index (χ3n) is 3.02. The fourth-order valence-corrected chi connectivity index (χ4v) is 3.43. The summed E-state index contributed by atoms with van der Waals surface area (Å²) in [4.78, 5) is 3.84. The van der Waals surface area contributed by atoms with Gasteiger partial charge in [0.15, 0.2) is 0 Å². The van der Waals surface area contributed by atoms with Crippen molar-refractivity contribution in [3.05, 3.63) is 17.3 Å². The Hall–Kier alpha value is -0.850. The van der Waals surface area contributed by atoms with Gasteiger partial charge in [-0.1, -0.05) is 44.7 Å². The number of halogens is 1. The van der Waals surface area contributed by atoms with Gasteiger partial charge in [0.1, 0.15) is 10.7 Å². The molecule has 0 bridgehead atoms. The number of hydrogen-bond donors (Lipinski definition) is 2. The Kier molecular flexibility index (Phi) is 6.71. The number of unbranched alkanes of at least 4 members (excludes halogenated alkanes) is 1. The van der Waals surface area contributed by atoms with Crippen LogP contribution in [0.5, 0.6) is 0 Å². The molecule has 0 amide bonds. The van der Waals surface area contributed by atoms with Crippen LogP contribution in [0.4, 0.5) is 5.82 Å². The highest BCUT2D eigenvalue weighted by Crippen LogP contribution is 2.20. The number of nitrogens with two attached hydrogens (primary N) is 1. The molecule has 3 N–H and O–H groups in total. The van der Waals surface area contributed by atoms with Gasteiger partial charge in [-0.15, -0.1) is 0 Å². The summed E-state index contributed by atoms with van der Waals surface area (Å²) in [6, 6.07) is 1.27. The van der Waals surface area contributed by atoms with Crippen LogP contribution < -0.4 is 10.5 Å². The van der Waals surface area contributed by atoms with Crippen LogP contribution in [0.2, 0.25) is 5.02 Å². The van der Waals surface area contributed by atoms with Crippen LogP contribution in [0.15, 0.2) is 17.2 Å². The van der Waals surface area contributed by atoms with Crippen molar-refractivity contribution in [2.75, 3.05) is 5.73 Å². The van der Waals surface area contributed by atoms with Gasteiger partial charge in [0.05, 0.1) is 5.02 Å². The van der Waals surface area contributed by atoms with E-state index in [1.54, 1.807) is 0 Å². The second kappa shape index (κ2) is 7.81. The summed E-state index contributed by atoms with van der Waals surface area (Å²) in [5, 5.41) is 0.147. The first-order valence-electron chi connectivity index (χ1n) is 6.84. The maximum atomic E-state index is 12.3. The molecule has 7 heteroatoms. The van der Waals surface area contributed by atoms with Gasteiger partial charge >= 0.3 is 0 Å². The van der Waals surface area contributed by atoms with E-state index in [-0.39, 0.29) is 21.8 Å². The normalized spacial score (nSPS) is 13.3. The molecule has 20 heavy (non-hydrogen) atoms. The lowest BCUT2D eigenvalue weighted by molar-refractivity contribution is 0.483. The number of aromatic nitrogens is 1. The molecule has 1 heterocycles. The van der Waals surface area contributed by atoms with E-state index in [4.69, 9.17) is 17.3 Å². The Bertz CT molecular complexity index is 534. The molecule has 0 aliphatic rings.